The summed E-state index contributed by atoms with van der Waals surface area (Å²) in [6, 6.07) is 19.4. The molecule has 2 aromatic rings. The number of oxime groups is 1. The van der Waals surface area contributed by atoms with Crippen LogP contribution in [0.25, 0.3) is 0 Å². The maximum absolute atomic E-state index is 10.1. The van der Waals surface area contributed by atoms with Crippen molar-refractivity contribution in [1.82, 2.24) is 0 Å². The van der Waals surface area contributed by atoms with E-state index in [1.807, 2.05) is 67.6 Å². The molecule has 3 nitrogen and oxygen atoms in total. The second kappa shape index (κ2) is 7.46. The number of aliphatic hydroxyl groups is 1. The third kappa shape index (κ3) is 4.52. The minimum atomic E-state index is -0.541. The molecule has 0 saturated heterocycles. The van der Waals surface area contributed by atoms with Crippen LogP contribution < -0.4 is 0 Å². The molecular formula is C17H19NO2. The fraction of sp³-hybridized carbons (Fsp3) is 0.235. The van der Waals surface area contributed by atoms with Gasteiger partial charge in [0.25, 0.3) is 0 Å². The highest BCUT2D eigenvalue weighted by Crippen LogP contribution is 2.16. The fourth-order valence-electron chi connectivity index (χ4n) is 1.90. The third-order valence-corrected chi connectivity index (χ3v) is 2.97. The van der Waals surface area contributed by atoms with E-state index in [0.29, 0.717) is 13.0 Å². The van der Waals surface area contributed by atoms with E-state index in [-0.39, 0.29) is 0 Å². The van der Waals surface area contributed by atoms with E-state index in [4.69, 9.17) is 4.84 Å². The van der Waals surface area contributed by atoms with Gasteiger partial charge in [-0.15, -0.1) is 0 Å². The number of rotatable bonds is 6. The van der Waals surface area contributed by atoms with Crippen LogP contribution in [0.15, 0.2) is 65.8 Å². The van der Waals surface area contributed by atoms with E-state index in [0.717, 1.165) is 16.8 Å². The Morgan fingerprint density at radius 1 is 1.05 bits per heavy atom. The summed E-state index contributed by atoms with van der Waals surface area (Å²) in [5.41, 5.74) is 2.75. The first-order chi connectivity index (χ1) is 9.75. The van der Waals surface area contributed by atoms with Gasteiger partial charge >= 0.3 is 0 Å². The van der Waals surface area contributed by atoms with Crippen molar-refractivity contribution in [3.63, 3.8) is 0 Å². The van der Waals surface area contributed by atoms with Gasteiger partial charge in [0, 0.05) is 6.42 Å². The maximum Gasteiger partial charge on any atom is 0.142 e. The first-order valence-corrected chi connectivity index (χ1v) is 6.68. The van der Waals surface area contributed by atoms with Crippen LogP contribution in [0.5, 0.6) is 0 Å². The molecule has 1 N–H and O–H groups in total. The van der Waals surface area contributed by atoms with E-state index in [2.05, 4.69) is 5.16 Å². The van der Waals surface area contributed by atoms with Crippen LogP contribution in [0.1, 0.15) is 30.6 Å². The first-order valence-electron chi connectivity index (χ1n) is 6.68. The minimum absolute atomic E-state index is 0.444. The molecule has 104 valence electrons. The summed E-state index contributed by atoms with van der Waals surface area (Å²) in [7, 11) is 0. The molecule has 0 fully saturated rings. The highest BCUT2D eigenvalue weighted by atomic mass is 16.6. The van der Waals surface area contributed by atoms with Gasteiger partial charge in [-0.05, 0) is 18.1 Å². The van der Waals surface area contributed by atoms with Crippen LogP contribution in [0.2, 0.25) is 0 Å². The number of hydrogen-bond acceptors (Lipinski definition) is 3. The molecular weight excluding hydrogens is 250 g/mol. The second-order valence-corrected chi connectivity index (χ2v) is 4.72. The molecule has 20 heavy (non-hydrogen) atoms. The molecule has 2 rings (SSSR count). The van der Waals surface area contributed by atoms with E-state index >= 15 is 0 Å². The average Bonchev–Trinajstić information content (AvgIpc) is 2.49. The second-order valence-electron chi connectivity index (χ2n) is 4.72. The van der Waals surface area contributed by atoms with Crippen LogP contribution in [0.3, 0.4) is 0 Å². The van der Waals surface area contributed by atoms with Gasteiger partial charge in [0.1, 0.15) is 6.61 Å². The zero-order chi connectivity index (χ0) is 14.2. The van der Waals surface area contributed by atoms with Gasteiger partial charge in [-0.1, -0.05) is 65.8 Å². The van der Waals surface area contributed by atoms with Crippen LogP contribution in [-0.2, 0) is 11.4 Å². The molecule has 0 aromatic heterocycles. The standard InChI is InChI=1S/C17H19NO2/c1-14(12-17(19)16-10-6-3-7-11-16)18-20-13-15-8-4-2-5-9-15/h2-11,17,19H,12-13H2,1H3/b18-14+. The molecule has 0 aliphatic carbocycles. The predicted molar refractivity (Wildman–Crippen MR) is 80.4 cm³/mol. The summed E-state index contributed by atoms with van der Waals surface area (Å²) in [6.07, 6.45) is -0.0704. The van der Waals surface area contributed by atoms with Crippen LogP contribution in [-0.4, -0.2) is 10.8 Å². The quantitative estimate of drug-likeness (QED) is 0.641. The van der Waals surface area contributed by atoms with Gasteiger partial charge < -0.3 is 9.94 Å². The lowest BCUT2D eigenvalue weighted by atomic mass is 10.1. The van der Waals surface area contributed by atoms with E-state index < -0.39 is 6.10 Å². The number of hydrogen-bond donors (Lipinski definition) is 1. The summed E-state index contributed by atoms with van der Waals surface area (Å²) in [6.45, 7) is 2.30. The Kier molecular flexibility index (Phi) is 5.33. The molecule has 1 atom stereocenters. The fourth-order valence-corrected chi connectivity index (χ4v) is 1.90. The molecule has 0 amide bonds. The van der Waals surface area contributed by atoms with E-state index in [9.17, 15) is 5.11 Å². The van der Waals surface area contributed by atoms with E-state index in [1.54, 1.807) is 0 Å². The normalized spacial score (nSPS) is 13.0. The van der Waals surface area contributed by atoms with Crippen molar-refractivity contribution in [1.29, 1.82) is 0 Å². The van der Waals surface area contributed by atoms with Crippen molar-refractivity contribution in [3.05, 3.63) is 71.8 Å². The Balaban J connectivity index is 1.82. The monoisotopic (exact) mass is 269 g/mol. The van der Waals surface area contributed by atoms with Crippen molar-refractivity contribution < 1.29 is 9.94 Å². The zero-order valence-electron chi connectivity index (χ0n) is 11.6. The van der Waals surface area contributed by atoms with Gasteiger partial charge in [0.15, 0.2) is 0 Å². The Hall–Kier alpha value is -2.13. The molecule has 0 radical (unpaired) electrons. The Morgan fingerprint density at radius 2 is 1.65 bits per heavy atom. The Morgan fingerprint density at radius 3 is 2.30 bits per heavy atom. The van der Waals surface area contributed by atoms with Crippen molar-refractivity contribution in [2.24, 2.45) is 5.16 Å². The largest absolute Gasteiger partial charge is 0.391 e. The van der Waals surface area contributed by atoms with Gasteiger partial charge in [-0.2, -0.15) is 0 Å². The molecule has 0 saturated carbocycles. The highest BCUT2D eigenvalue weighted by Gasteiger charge is 2.08. The minimum Gasteiger partial charge on any atom is -0.391 e. The lowest BCUT2D eigenvalue weighted by Crippen LogP contribution is -2.04. The smallest absolute Gasteiger partial charge is 0.142 e. The summed E-state index contributed by atoms with van der Waals surface area (Å²) < 4.78 is 0. The SMILES string of the molecule is C/C(CC(O)c1ccccc1)=N\OCc1ccccc1. The molecule has 0 heterocycles. The molecule has 0 aliphatic rings. The molecule has 2 aromatic carbocycles. The maximum atomic E-state index is 10.1. The summed E-state index contributed by atoms with van der Waals surface area (Å²) in [5.74, 6) is 0. The van der Waals surface area contributed by atoms with Crippen molar-refractivity contribution in [2.75, 3.05) is 0 Å². The molecule has 3 heteroatoms. The molecule has 1 unspecified atom stereocenters. The van der Waals surface area contributed by atoms with Crippen molar-refractivity contribution in [2.45, 2.75) is 26.1 Å². The average molecular weight is 269 g/mol. The van der Waals surface area contributed by atoms with Crippen molar-refractivity contribution in [3.8, 4) is 0 Å². The third-order valence-electron chi connectivity index (χ3n) is 2.97. The molecule has 0 aliphatic heterocycles. The number of aliphatic hydroxyl groups excluding tert-OH is 1. The lowest BCUT2D eigenvalue weighted by Gasteiger charge is -2.10. The van der Waals surface area contributed by atoms with Crippen LogP contribution in [0, 0.1) is 0 Å². The lowest BCUT2D eigenvalue weighted by molar-refractivity contribution is 0.126. The molecule has 0 spiro atoms. The number of benzene rings is 2. The first kappa shape index (κ1) is 14.3. The Labute approximate surface area is 119 Å². The summed E-state index contributed by atoms with van der Waals surface area (Å²) in [5, 5.41) is 14.1. The van der Waals surface area contributed by atoms with Gasteiger partial charge in [0.05, 0.1) is 11.8 Å². The highest BCUT2D eigenvalue weighted by molar-refractivity contribution is 5.81. The van der Waals surface area contributed by atoms with Crippen molar-refractivity contribution >= 4 is 5.71 Å². The molecule has 0 bridgehead atoms. The van der Waals surface area contributed by atoms with Gasteiger partial charge in [0.2, 0.25) is 0 Å². The summed E-state index contributed by atoms with van der Waals surface area (Å²) >= 11 is 0. The predicted octanol–water partition coefficient (Wildman–Crippen LogP) is 3.70. The zero-order valence-corrected chi connectivity index (χ0v) is 11.6. The van der Waals surface area contributed by atoms with E-state index in [1.165, 1.54) is 0 Å². The Bertz CT molecular complexity index is 537. The number of nitrogens with zero attached hydrogens (tertiary/aromatic N) is 1. The topological polar surface area (TPSA) is 41.8 Å². The summed E-state index contributed by atoms with van der Waals surface area (Å²) in [4.78, 5) is 5.30. The van der Waals surface area contributed by atoms with Crippen LogP contribution in [0.4, 0.5) is 0 Å². The van der Waals surface area contributed by atoms with Gasteiger partial charge in [-0.3, -0.25) is 0 Å². The van der Waals surface area contributed by atoms with Crippen LogP contribution >= 0.6 is 0 Å². The van der Waals surface area contributed by atoms with Gasteiger partial charge in [-0.25, -0.2) is 0 Å².